The maximum Gasteiger partial charge on any atom is 0.410 e. The smallest absolute Gasteiger partial charge is 0.410 e. The third-order valence-electron chi connectivity index (χ3n) is 6.33. The number of benzene rings is 2. The predicted octanol–water partition coefficient (Wildman–Crippen LogP) is 5.65. The second-order valence-electron chi connectivity index (χ2n) is 8.51. The molecule has 3 aromatic rings. The summed E-state index contributed by atoms with van der Waals surface area (Å²) >= 11 is 0. The minimum Gasteiger partial charge on any atom is -0.493 e. The highest BCUT2D eigenvalue weighted by atomic mass is 16.6. The molecule has 1 atom stereocenters. The quantitative estimate of drug-likeness (QED) is 0.504. The van der Waals surface area contributed by atoms with Crippen LogP contribution >= 0.6 is 0 Å². The third-order valence-corrected chi connectivity index (χ3v) is 6.33. The number of aromatic nitrogens is 1. The molecule has 1 amide bonds. The first-order valence-corrected chi connectivity index (χ1v) is 11.3. The van der Waals surface area contributed by atoms with Crippen LogP contribution in [0.25, 0.3) is 10.9 Å². The van der Waals surface area contributed by atoms with Crippen LogP contribution in [0.5, 0.6) is 11.5 Å². The summed E-state index contributed by atoms with van der Waals surface area (Å²) in [6.07, 6.45) is 4.90. The Labute approximate surface area is 188 Å². The summed E-state index contributed by atoms with van der Waals surface area (Å²) in [5.74, 6) is 1.45. The summed E-state index contributed by atoms with van der Waals surface area (Å²) in [7, 11) is 1.65. The van der Waals surface area contributed by atoms with E-state index < -0.39 is 0 Å². The Morgan fingerprint density at radius 2 is 1.88 bits per heavy atom. The number of fused-ring (bicyclic) bond motifs is 1. The SMILES string of the molecule is COc1ccc(C2CCN(Cc3ccc4ccccc4n3)C(=O)O2)cc1OC1CCCC1. The predicted molar refractivity (Wildman–Crippen MR) is 122 cm³/mol. The van der Waals surface area contributed by atoms with E-state index in [1.54, 1.807) is 12.0 Å². The van der Waals surface area contributed by atoms with E-state index in [-0.39, 0.29) is 18.3 Å². The standard InChI is InChI=1S/C26H28N2O4/c1-30-24-13-11-19(16-25(24)31-21-7-3-4-8-21)23-14-15-28(26(29)32-23)17-20-12-10-18-6-2-5-9-22(18)27-20/h2,5-6,9-13,16,21,23H,3-4,7-8,14-15,17H2,1H3. The van der Waals surface area contributed by atoms with Gasteiger partial charge in [0.25, 0.3) is 0 Å². The summed E-state index contributed by atoms with van der Waals surface area (Å²) in [6, 6.07) is 17.8. The summed E-state index contributed by atoms with van der Waals surface area (Å²) in [4.78, 5) is 19.1. The molecule has 0 N–H and O–H groups in total. The highest BCUT2D eigenvalue weighted by Gasteiger charge is 2.29. The maximum atomic E-state index is 12.8. The number of hydrogen-bond acceptors (Lipinski definition) is 5. The molecule has 2 heterocycles. The van der Waals surface area contributed by atoms with Crippen LogP contribution in [0.15, 0.2) is 54.6 Å². The van der Waals surface area contributed by atoms with Crippen molar-refractivity contribution in [2.75, 3.05) is 13.7 Å². The topological polar surface area (TPSA) is 60.9 Å². The zero-order valence-corrected chi connectivity index (χ0v) is 18.3. The van der Waals surface area contributed by atoms with Crippen molar-refractivity contribution in [2.45, 2.75) is 50.9 Å². The molecule has 0 spiro atoms. The lowest BCUT2D eigenvalue weighted by Gasteiger charge is -2.32. The van der Waals surface area contributed by atoms with Gasteiger partial charge in [-0.25, -0.2) is 4.79 Å². The molecule has 0 bridgehead atoms. The first-order chi connectivity index (χ1) is 15.7. The molecule has 2 aromatic carbocycles. The Hall–Kier alpha value is -3.28. The number of cyclic esters (lactones) is 1. The van der Waals surface area contributed by atoms with Crippen LogP contribution in [0.1, 0.15) is 49.5 Å². The van der Waals surface area contributed by atoms with Crippen LogP contribution < -0.4 is 9.47 Å². The molecule has 2 aliphatic rings. The maximum absolute atomic E-state index is 12.8. The Morgan fingerprint density at radius 3 is 2.69 bits per heavy atom. The van der Waals surface area contributed by atoms with E-state index in [1.807, 2.05) is 54.6 Å². The molecule has 1 aliphatic heterocycles. The number of rotatable bonds is 6. The molecule has 32 heavy (non-hydrogen) atoms. The second kappa shape index (κ2) is 9.07. The van der Waals surface area contributed by atoms with Gasteiger partial charge in [0.05, 0.1) is 31.0 Å². The molecule has 0 radical (unpaired) electrons. The van der Waals surface area contributed by atoms with Crippen LogP contribution in [0.4, 0.5) is 4.79 Å². The van der Waals surface area contributed by atoms with Crippen molar-refractivity contribution in [1.82, 2.24) is 9.88 Å². The van der Waals surface area contributed by atoms with Gasteiger partial charge >= 0.3 is 6.09 Å². The summed E-state index contributed by atoms with van der Waals surface area (Å²) in [6.45, 7) is 1.05. The van der Waals surface area contributed by atoms with Crippen LogP contribution in [0.3, 0.4) is 0 Å². The first-order valence-electron chi connectivity index (χ1n) is 11.3. The van der Waals surface area contributed by atoms with E-state index in [2.05, 4.69) is 4.98 Å². The van der Waals surface area contributed by atoms with Gasteiger partial charge in [-0.2, -0.15) is 0 Å². The van der Waals surface area contributed by atoms with Crippen molar-refractivity contribution in [3.8, 4) is 11.5 Å². The molecule has 166 valence electrons. The van der Waals surface area contributed by atoms with Gasteiger partial charge in [0, 0.05) is 18.4 Å². The first kappa shape index (κ1) is 20.6. The van der Waals surface area contributed by atoms with Gasteiger partial charge in [-0.1, -0.05) is 30.3 Å². The summed E-state index contributed by atoms with van der Waals surface area (Å²) in [5.41, 5.74) is 2.73. The second-order valence-corrected chi connectivity index (χ2v) is 8.51. The monoisotopic (exact) mass is 432 g/mol. The van der Waals surface area contributed by atoms with Crippen LogP contribution in [-0.4, -0.2) is 35.7 Å². The minimum atomic E-state index is -0.315. The van der Waals surface area contributed by atoms with Crippen LogP contribution in [0.2, 0.25) is 0 Å². The highest BCUT2D eigenvalue weighted by Crippen LogP contribution is 2.36. The van der Waals surface area contributed by atoms with Crippen molar-refractivity contribution in [2.24, 2.45) is 0 Å². The Kier molecular flexibility index (Phi) is 5.84. The molecule has 2 fully saturated rings. The summed E-state index contributed by atoms with van der Waals surface area (Å²) < 4.78 is 17.5. The number of ether oxygens (including phenoxy) is 3. The lowest BCUT2D eigenvalue weighted by Crippen LogP contribution is -2.38. The van der Waals surface area contributed by atoms with Crippen molar-refractivity contribution < 1.29 is 19.0 Å². The van der Waals surface area contributed by atoms with E-state index in [1.165, 1.54) is 12.8 Å². The van der Waals surface area contributed by atoms with E-state index >= 15 is 0 Å². The normalized spacial score (nSPS) is 19.2. The highest BCUT2D eigenvalue weighted by molar-refractivity contribution is 5.78. The minimum absolute atomic E-state index is 0.234. The number of hydrogen-bond donors (Lipinski definition) is 0. The van der Waals surface area contributed by atoms with E-state index in [9.17, 15) is 4.79 Å². The molecule has 1 aromatic heterocycles. The zero-order valence-electron chi connectivity index (χ0n) is 18.3. The van der Waals surface area contributed by atoms with Crippen LogP contribution in [0, 0.1) is 0 Å². The fraction of sp³-hybridized carbons (Fsp3) is 0.385. The van der Waals surface area contributed by atoms with Gasteiger partial charge in [0.2, 0.25) is 0 Å². The van der Waals surface area contributed by atoms with Gasteiger partial charge in [-0.15, -0.1) is 0 Å². The number of nitrogens with zero attached hydrogens (tertiary/aromatic N) is 2. The van der Waals surface area contributed by atoms with Crippen molar-refractivity contribution in [3.63, 3.8) is 0 Å². The zero-order chi connectivity index (χ0) is 21.9. The average Bonchev–Trinajstić information content (AvgIpc) is 3.33. The van der Waals surface area contributed by atoms with Crippen LogP contribution in [-0.2, 0) is 11.3 Å². The van der Waals surface area contributed by atoms with Gasteiger partial charge in [-0.3, -0.25) is 4.98 Å². The number of carbonyl (C=O) groups excluding carboxylic acids is 1. The van der Waals surface area contributed by atoms with Crippen molar-refractivity contribution in [3.05, 3.63) is 65.9 Å². The molecule has 5 rings (SSSR count). The van der Waals surface area contributed by atoms with Gasteiger partial charge in [0.1, 0.15) is 6.10 Å². The summed E-state index contributed by atoms with van der Waals surface area (Å²) in [5, 5.41) is 1.09. The molecule has 1 saturated carbocycles. The molecule has 6 heteroatoms. The van der Waals surface area contributed by atoms with Crippen molar-refractivity contribution in [1.29, 1.82) is 0 Å². The molecule has 1 aliphatic carbocycles. The number of pyridine rings is 1. The van der Waals surface area contributed by atoms with E-state index in [0.717, 1.165) is 40.8 Å². The van der Waals surface area contributed by atoms with Gasteiger partial charge < -0.3 is 19.1 Å². The largest absolute Gasteiger partial charge is 0.493 e. The Morgan fingerprint density at radius 1 is 1.03 bits per heavy atom. The number of para-hydroxylation sites is 1. The van der Waals surface area contributed by atoms with Gasteiger partial charge in [-0.05, 0) is 55.5 Å². The Bertz CT molecular complexity index is 1110. The Balaban J connectivity index is 1.26. The fourth-order valence-corrected chi connectivity index (χ4v) is 4.56. The number of carbonyl (C=O) groups is 1. The number of amides is 1. The van der Waals surface area contributed by atoms with Gasteiger partial charge in [0.15, 0.2) is 11.5 Å². The third kappa shape index (κ3) is 4.35. The van der Waals surface area contributed by atoms with E-state index in [4.69, 9.17) is 14.2 Å². The van der Waals surface area contributed by atoms with E-state index in [0.29, 0.717) is 25.3 Å². The molecular weight excluding hydrogens is 404 g/mol. The fourth-order valence-electron chi connectivity index (χ4n) is 4.56. The lowest BCUT2D eigenvalue weighted by atomic mass is 10.0. The lowest BCUT2D eigenvalue weighted by molar-refractivity contribution is 0.0212. The molecule has 1 saturated heterocycles. The number of methoxy groups -OCH3 is 1. The molecule has 1 unspecified atom stereocenters. The van der Waals surface area contributed by atoms with Crippen molar-refractivity contribution >= 4 is 17.0 Å². The average molecular weight is 433 g/mol. The molecule has 6 nitrogen and oxygen atoms in total. The molecular formula is C26H28N2O4.